The van der Waals surface area contributed by atoms with Gasteiger partial charge in [-0.1, -0.05) is 115 Å². The summed E-state index contributed by atoms with van der Waals surface area (Å²) in [4.78, 5) is 19.1. The van der Waals surface area contributed by atoms with Crippen LogP contribution in [0.15, 0.2) is 183 Å². The summed E-state index contributed by atoms with van der Waals surface area (Å²) >= 11 is 0. The molecule has 0 saturated carbocycles. The van der Waals surface area contributed by atoms with E-state index in [1.54, 1.807) is 0 Å². The Balaban J connectivity index is 1.40. The number of hydrogen-bond acceptors (Lipinski definition) is 4. The molecular formula is C45H30N4. The number of aromatic nitrogens is 4. The molecule has 0 spiro atoms. The Morgan fingerprint density at radius 1 is 0.388 bits per heavy atom. The molecule has 4 nitrogen and oxygen atoms in total. The van der Waals surface area contributed by atoms with Crippen LogP contribution in [0.1, 0.15) is 22.3 Å². The lowest BCUT2D eigenvalue weighted by atomic mass is 9.67. The fourth-order valence-electron chi connectivity index (χ4n) is 7.56. The number of fused-ring (bicyclic) bond motifs is 3. The Kier molecular flexibility index (Phi) is 6.98. The third-order valence-corrected chi connectivity index (χ3v) is 9.56. The van der Waals surface area contributed by atoms with E-state index in [2.05, 4.69) is 130 Å². The molecule has 0 bridgehead atoms. The third kappa shape index (κ3) is 4.68. The number of rotatable bonds is 6. The molecular weight excluding hydrogens is 597 g/mol. The minimum Gasteiger partial charge on any atom is -0.264 e. The minimum absolute atomic E-state index is 0.513. The van der Waals surface area contributed by atoms with E-state index < -0.39 is 5.41 Å². The van der Waals surface area contributed by atoms with Gasteiger partial charge >= 0.3 is 0 Å². The molecule has 0 fully saturated rings. The zero-order valence-electron chi connectivity index (χ0n) is 26.6. The summed E-state index contributed by atoms with van der Waals surface area (Å²) in [5.74, 6) is 0. The van der Waals surface area contributed by atoms with Gasteiger partial charge in [-0.25, -0.2) is 4.98 Å². The van der Waals surface area contributed by atoms with Crippen molar-refractivity contribution in [1.82, 2.24) is 19.9 Å². The van der Waals surface area contributed by atoms with Crippen LogP contribution in [0.4, 0.5) is 0 Å². The predicted octanol–water partition coefficient (Wildman–Crippen LogP) is 10.3. The molecule has 4 heterocycles. The average Bonchev–Trinajstić information content (AvgIpc) is 3.50. The monoisotopic (exact) mass is 626 g/mol. The fraction of sp³-hybridized carbons (Fsp3) is 0.0222. The molecule has 9 rings (SSSR count). The highest BCUT2D eigenvalue weighted by Gasteiger charge is 2.47. The quantitative estimate of drug-likeness (QED) is 0.184. The SMILES string of the molecule is c1ccc(C2(c3ccccc3)c3ccccc3-c3c2ccc(-c2cc(-c4ccccn4)nc(-c4ccccn4)c2)c3-c2cccnc2)cc1. The Hall–Kier alpha value is -6.52. The first-order valence-corrected chi connectivity index (χ1v) is 16.5. The Morgan fingerprint density at radius 2 is 1.00 bits per heavy atom. The van der Waals surface area contributed by atoms with E-state index in [9.17, 15) is 0 Å². The van der Waals surface area contributed by atoms with Crippen molar-refractivity contribution >= 4 is 0 Å². The number of nitrogens with zero attached hydrogens (tertiary/aromatic N) is 4. The molecule has 1 aliphatic rings. The maximum atomic E-state index is 5.08. The molecule has 0 amide bonds. The van der Waals surface area contributed by atoms with Crippen LogP contribution in [-0.4, -0.2) is 19.9 Å². The van der Waals surface area contributed by atoms with Gasteiger partial charge in [-0.3, -0.25) is 15.0 Å². The van der Waals surface area contributed by atoms with Gasteiger partial charge in [0.05, 0.1) is 28.2 Å². The van der Waals surface area contributed by atoms with Gasteiger partial charge in [-0.2, -0.15) is 0 Å². The van der Waals surface area contributed by atoms with Gasteiger partial charge in [0.2, 0.25) is 0 Å². The van der Waals surface area contributed by atoms with Crippen molar-refractivity contribution in [2.75, 3.05) is 0 Å². The van der Waals surface area contributed by atoms with E-state index in [0.717, 1.165) is 45.0 Å². The molecule has 4 heteroatoms. The van der Waals surface area contributed by atoms with Gasteiger partial charge in [-0.15, -0.1) is 0 Å². The van der Waals surface area contributed by atoms with Crippen molar-refractivity contribution in [2.24, 2.45) is 0 Å². The summed E-state index contributed by atoms with van der Waals surface area (Å²) in [7, 11) is 0. The maximum absolute atomic E-state index is 5.08. The summed E-state index contributed by atoms with van der Waals surface area (Å²) in [5, 5.41) is 0. The molecule has 1 aliphatic carbocycles. The highest BCUT2D eigenvalue weighted by molar-refractivity contribution is 6.02. The zero-order chi connectivity index (χ0) is 32.6. The molecule has 0 unspecified atom stereocenters. The van der Waals surface area contributed by atoms with Crippen molar-refractivity contribution in [3.8, 4) is 56.2 Å². The highest BCUT2D eigenvalue weighted by atomic mass is 14.8. The van der Waals surface area contributed by atoms with Crippen LogP contribution in [0.25, 0.3) is 56.2 Å². The Bertz CT molecular complexity index is 2310. The Morgan fingerprint density at radius 3 is 1.59 bits per heavy atom. The van der Waals surface area contributed by atoms with Crippen molar-refractivity contribution in [3.05, 3.63) is 205 Å². The van der Waals surface area contributed by atoms with Crippen LogP contribution in [0, 0.1) is 0 Å². The topological polar surface area (TPSA) is 51.6 Å². The summed E-state index contributed by atoms with van der Waals surface area (Å²) < 4.78 is 0. The second-order valence-corrected chi connectivity index (χ2v) is 12.2. The van der Waals surface area contributed by atoms with E-state index in [4.69, 9.17) is 4.98 Å². The average molecular weight is 627 g/mol. The smallest absolute Gasteiger partial charge is 0.0900 e. The molecule has 230 valence electrons. The van der Waals surface area contributed by atoms with Gasteiger partial charge < -0.3 is 0 Å². The predicted molar refractivity (Wildman–Crippen MR) is 197 cm³/mol. The first-order chi connectivity index (χ1) is 24.3. The van der Waals surface area contributed by atoms with Crippen LogP contribution in [-0.2, 0) is 5.41 Å². The first kappa shape index (κ1) is 28.7. The third-order valence-electron chi connectivity index (χ3n) is 9.56. The minimum atomic E-state index is -0.513. The van der Waals surface area contributed by atoms with Crippen molar-refractivity contribution < 1.29 is 0 Å². The largest absolute Gasteiger partial charge is 0.264 e. The summed E-state index contributed by atoms with van der Waals surface area (Å²) in [6, 6.07) is 55.7. The van der Waals surface area contributed by atoms with E-state index in [-0.39, 0.29) is 0 Å². The van der Waals surface area contributed by atoms with E-state index in [1.165, 1.54) is 33.4 Å². The molecule has 0 radical (unpaired) electrons. The van der Waals surface area contributed by atoms with Crippen LogP contribution < -0.4 is 0 Å². The van der Waals surface area contributed by atoms with Crippen LogP contribution >= 0.6 is 0 Å². The van der Waals surface area contributed by atoms with E-state index in [0.29, 0.717) is 0 Å². The van der Waals surface area contributed by atoms with E-state index in [1.807, 2.05) is 67.3 Å². The van der Waals surface area contributed by atoms with Gasteiger partial charge in [0.25, 0.3) is 0 Å². The van der Waals surface area contributed by atoms with Gasteiger partial charge in [-0.05, 0) is 92.5 Å². The molecule has 4 aromatic heterocycles. The molecule has 0 aliphatic heterocycles. The lowest BCUT2D eigenvalue weighted by molar-refractivity contribution is 0.768. The van der Waals surface area contributed by atoms with Crippen molar-refractivity contribution in [3.63, 3.8) is 0 Å². The molecule has 49 heavy (non-hydrogen) atoms. The second-order valence-electron chi connectivity index (χ2n) is 12.2. The van der Waals surface area contributed by atoms with Crippen molar-refractivity contribution in [1.29, 1.82) is 0 Å². The Labute approximate surface area is 285 Å². The number of pyridine rings is 4. The zero-order valence-corrected chi connectivity index (χ0v) is 26.6. The highest BCUT2D eigenvalue weighted by Crippen LogP contribution is 2.59. The normalized spacial score (nSPS) is 12.7. The van der Waals surface area contributed by atoms with E-state index >= 15 is 0 Å². The fourth-order valence-corrected chi connectivity index (χ4v) is 7.56. The molecule has 4 aromatic carbocycles. The number of benzene rings is 4. The summed E-state index contributed by atoms with van der Waals surface area (Å²) in [5.41, 5.74) is 14.4. The van der Waals surface area contributed by atoms with Crippen LogP contribution in [0.2, 0.25) is 0 Å². The summed E-state index contributed by atoms with van der Waals surface area (Å²) in [6.45, 7) is 0. The second kappa shape index (κ2) is 11.9. The standard InChI is InChI=1S/C45H30N4/c1-3-15-33(16-4-1)45(34-17-5-2-6-18-34)37-20-8-7-19-36(37)44-38(45)24-23-35(43(44)31-14-13-25-46-30-31)32-28-41(39-21-9-11-26-47-39)49-42(29-32)40-22-10-12-27-48-40/h1-30H. The van der Waals surface area contributed by atoms with Gasteiger partial charge in [0.1, 0.15) is 0 Å². The molecule has 8 aromatic rings. The lowest BCUT2D eigenvalue weighted by Gasteiger charge is -2.34. The van der Waals surface area contributed by atoms with Gasteiger partial charge in [0.15, 0.2) is 0 Å². The number of hydrogen-bond donors (Lipinski definition) is 0. The molecule has 0 saturated heterocycles. The maximum Gasteiger partial charge on any atom is 0.0900 e. The molecule has 0 atom stereocenters. The van der Waals surface area contributed by atoms with Crippen LogP contribution in [0.5, 0.6) is 0 Å². The van der Waals surface area contributed by atoms with Crippen molar-refractivity contribution in [2.45, 2.75) is 5.41 Å². The van der Waals surface area contributed by atoms with Gasteiger partial charge in [0, 0.05) is 30.4 Å². The summed E-state index contributed by atoms with van der Waals surface area (Å²) in [6.07, 6.45) is 7.44. The molecule has 0 N–H and O–H groups in total. The first-order valence-electron chi connectivity index (χ1n) is 16.5. The lowest BCUT2D eigenvalue weighted by Crippen LogP contribution is -2.28. The van der Waals surface area contributed by atoms with Crippen LogP contribution in [0.3, 0.4) is 0 Å².